The minimum absolute atomic E-state index is 0.166. The first-order chi connectivity index (χ1) is 6.83. The topological polar surface area (TPSA) is 69.9 Å². The predicted octanol–water partition coefficient (Wildman–Crippen LogP) is -0.106. The second-order valence-corrected chi connectivity index (χ2v) is 3.40. The van der Waals surface area contributed by atoms with Gasteiger partial charge in [0.1, 0.15) is 0 Å². The first kappa shape index (κ1) is 9.22. The molecule has 2 rings (SSSR count). The van der Waals surface area contributed by atoms with Crippen LogP contribution in [-0.4, -0.2) is 32.9 Å². The lowest BCUT2D eigenvalue weighted by atomic mass is 10.5. The summed E-state index contributed by atoms with van der Waals surface area (Å²) in [6.07, 6.45) is 1.49. The molecule has 0 aliphatic carbocycles. The van der Waals surface area contributed by atoms with Gasteiger partial charge in [-0.05, 0) is 0 Å². The molecular formula is C7H8N4O2S. The van der Waals surface area contributed by atoms with E-state index < -0.39 is 0 Å². The molecule has 0 bridgehead atoms. The van der Waals surface area contributed by atoms with Crippen molar-refractivity contribution in [2.45, 2.75) is 6.54 Å². The second-order valence-electron chi connectivity index (χ2n) is 2.66. The fraction of sp³-hybridized carbons (Fsp3) is 0.429. The van der Waals surface area contributed by atoms with E-state index in [1.54, 1.807) is 7.11 Å². The van der Waals surface area contributed by atoms with Crippen molar-refractivity contribution in [3.05, 3.63) is 16.7 Å². The maximum atomic E-state index is 11.7. The number of ether oxygens (including phenoxy) is 1. The number of hydrogen-bond donors (Lipinski definition) is 0. The summed E-state index contributed by atoms with van der Waals surface area (Å²) in [5.41, 5.74) is 0.161. The van der Waals surface area contributed by atoms with Gasteiger partial charge >= 0.3 is 0 Å². The van der Waals surface area contributed by atoms with Crippen LogP contribution in [0.1, 0.15) is 0 Å². The zero-order chi connectivity index (χ0) is 9.97. The lowest BCUT2D eigenvalue weighted by Crippen LogP contribution is -2.22. The Labute approximate surface area is 83.3 Å². The molecule has 0 spiro atoms. The molecule has 2 aromatic rings. The number of hydrogen-bond acceptors (Lipinski definition) is 6. The molecule has 14 heavy (non-hydrogen) atoms. The van der Waals surface area contributed by atoms with Crippen molar-refractivity contribution in [3.63, 3.8) is 0 Å². The van der Waals surface area contributed by atoms with E-state index in [1.807, 2.05) is 0 Å². The Morgan fingerprint density at radius 2 is 2.50 bits per heavy atom. The first-order valence-electron chi connectivity index (χ1n) is 3.99. The SMILES string of the molecule is COCCn1cnc2snnc2c1=O. The van der Waals surface area contributed by atoms with E-state index in [4.69, 9.17) is 4.74 Å². The van der Waals surface area contributed by atoms with Gasteiger partial charge in [-0.3, -0.25) is 9.36 Å². The highest BCUT2D eigenvalue weighted by Crippen LogP contribution is 2.05. The van der Waals surface area contributed by atoms with Crippen LogP contribution in [0, 0.1) is 0 Å². The zero-order valence-electron chi connectivity index (χ0n) is 7.51. The molecule has 0 saturated carbocycles. The molecule has 0 saturated heterocycles. The van der Waals surface area contributed by atoms with Gasteiger partial charge in [0.25, 0.3) is 5.56 Å². The smallest absolute Gasteiger partial charge is 0.282 e. The van der Waals surface area contributed by atoms with Crippen molar-refractivity contribution in [2.75, 3.05) is 13.7 Å². The van der Waals surface area contributed by atoms with Gasteiger partial charge in [0.15, 0.2) is 10.3 Å². The average molecular weight is 212 g/mol. The molecule has 6 nitrogen and oxygen atoms in total. The van der Waals surface area contributed by atoms with E-state index in [9.17, 15) is 4.79 Å². The minimum atomic E-state index is -0.166. The summed E-state index contributed by atoms with van der Waals surface area (Å²) >= 11 is 1.12. The third-order valence-corrected chi connectivity index (χ3v) is 2.42. The van der Waals surface area contributed by atoms with Crippen LogP contribution in [0.25, 0.3) is 10.3 Å². The second kappa shape index (κ2) is 3.81. The van der Waals surface area contributed by atoms with E-state index >= 15 is 0 Å². The standard InChI is InChI=1S/C7H8N4O2S/c1-13-3-2-11-4-8-6-5(7(11)12)9-10-14-6/h4H,2-3H2,1H3. The summed E-state index contributed by atoms with van der Waals surface area (Å²) in [4.78, 5) is 16.3. The summed E-state index contributed by atoms with van der Waals surface area (Å²) in [5, 5.41) is 3.72. The molecule has 2 aromatic heterocycles. The summed E-state index contributed by atoms with van der Waals surface area (Å²) in [6.45, 7) is 0.959. The van der Waals surface area contributed by atoms with Gasteiger partial charge in [0.2, 0.25) is 0 Å². The summed E-state index contributed by atoms with van der Waals surface area (Å²) in [5.74, 6) is 0. The lowest BCUT2D eigenvalue weighted by Gasteiger charge is -2.02. The van der Waals surface area contributed by atoms with E-state index in [0.29, 0.717) is 23.5 Å². The highest BCUT2D eigenvalue weighted by atomic mass is 32.1. The van der Waals surface area contributed by atoms with Crippen LogP contribution in [0.5, 0.6) is 0 Å². The minimum Gasteiger partial charge on any atom is -0.383 e. The predicted molar refractivity (Wildman–Crippen MR) is 51.3 cm³/mol. The van der Waals surface area contributed by atoms with Gasteiger partial charge in [-0.2, -0.15) is 0 Å². The third kappa shape index (κ3) is 1.51. The number of nitrogens with zero attached hydrogens (tertiary/aromatic N) is 4. The van der Waals surface area contributed by atoms with Crippen LogP contribution >= 0.6 is 11.5 Å². The van der Waals surface area contributed by atoms with E-state index in [1.165, 1.54) is 10.9 Å². The van der Waals surface area contributed by atoms with Gasteiger partial charge < -0.3 is 4.74 Å². The number of rotatable bonds is 3. The van der Waals surface area contributed by atoms with Crippen LogP contribution in [0.2, 0.25) is 0 Å². The number of fused-ring (bicyclic) bond motifs is 1. The van der Waals surface area contributed by atoms with Crippen molar-refractivity contribution >= 4 is 21.9 Å². The maximum absolute atomic E-state index is 11.7. The Bertz CT molecular complexity index is 492. The van der Waals surface area contributed by atoms with Crippen molar-refractivity contribution in [1.82, 2.24) is 19.1 Å². The summed E-state index contributed by atoms with van der Waals surface area (Å²) in [6, 6.07) is 0. The van der Waals surface area contributed by atoms with E-state index in [2.05, 4.69) is 14.6 Å². The maximum Gasteiger partial charge on any atom is 0.282 e. The van der Waals surface area contributed by atoms with E-state index in [0.717, 1.165) is 11.5 Å². The highest BCUT2D eigenvalue weighted by Gasteiger charge is 2.06. The molecule has 0 aromatic carbocycles. The molecule has 0 radical (unpaired) electrons. The fourth-order valence-electron chi connectivity index (χ4n) is 1.06. The van der Waals surface area contributed by atoms with Crippen molar-refractivity contribution < 1.29 is 4.74 Å². The largest absolute Gasteiger partial charge is 0.383 e. The molecule has 74 valence electrons. The number of methoxy groups -OCH3 is 1. The molecule has 2 heterocycles. The Kier molecular flexibility index (Phi) is 2.51. The molecule has 0 N–H and O–H groups in total. The van der Waals surface area contributed by atoms with Gasteiger partial charge in [0, 0.05) is 18.6 Å². The third-order valence-electron chi connectivity index (χ3n) is 1.78. The van der Waals surface area contributed by atoms with Gasteiger partial charge in [-0.1, -0.05) is 4.49 Å². The highest BCUT2D eigenvalue weighted by molar-refractivity contribution is 7.12. The van der Waals surface area contributed by atoms with Crippen molar-refractivity contribution in [1.29, 1.82) is 0 Å². The van der Waals surface area contributed by atoms with Crippen LogP contribution in [0.15, 0.2) is 11.1 Å². The molecule has 0 unspecified atom stereocenters. The average Bonchev–Trinajstić information content (AvgIpc) is 2.66. The zero-order valence-corrected chi connectivity index (χ0v) is 8.32. The number of aromatic nitrogens is 4. The van der Waals surface area contributed by atoms with E-state index in [-0.39, 0.29) is 5.56 Å². The van der Waals surface area contributed by atoms with Crippen LogP contribution in [0.3, 0.4) is 0 Å². The molecule has 7 heteroatoms. The quantitative estimate of drug-likeness (QED) is 0.710. The van der Waals surface area contributed by atoms with Crippen LogP contribution in [0.4, 0.5) is 0 Å². The monoisotopic (exact) mass is 212 g/mol. The Morgan fingerprint density at radius 1 is 1.64 bits per heavy atom. The molecular weight excluding hydrogens is 204 g/mol. The Hall–Kier alpha value is -1.34. The molecule has 0 aliphatic rings. The molecule has 0 atom stereocenters. The van der Waals surface area contributed by atoms with Gasteiger partial charge in [-0.25, -0.2) is 4.98 Å². The summed E-state index contributed by atoms with van der Waals surface area (Å²) in [7, 11) is 1.58. The van der Waals surface area contributed by atoms with Crippen LogP contribution < -0.4 is 5.56 Å². The fourth-order valence-corrected chi connectivity index (χ4v) is 1.57. The summed E-state index contributed by atoms with van der Waals surface area (Å²) < 4.78 is 10.0. The van der Waals surface area contributed by atoms with Gasteiger partial charge in [-0.15, -0.1) is 5.10 Å². The normalized spacial score (nSPS) is 10.9. The Balaban J connectivity index is 2.46. The molecule has 0 fully saturated rings. The molecule has 0 aliphatic heterocycles. The van der Waals surface area contributed by atoms with Crippen molar-refractivity contribution in [2.24, 2.45) is 0 Å². The lowest BCUT2D eigenvalue weighted by molar-refractivity contribution is 0.186. The van der Waals surface area contributed by atoms with Gasteiger partial charge in [0.05, 0.1) is 19.5 Å². The van der Waals surface area contributed by atoms with Crippen molar-refractivity contribution in [3.8, 4) is 0 Å². The van der Waals surface area contributed by atoms with Crippen LogP contribution in [-0.2, 0) is 11.3 Å². The molecule has 0 amide bonds. The Morgan fingerprint density at radius 3 is 3.29 bits per heavy atom. The first-order valence-corrected chi connectivity index (χ1v) is 4.76.